The second-order valence-electron chi connectivity index (χ2n) is 3.08. The van der Waals surface area contributed by atoms with Crippen molar-refractivity contribution < 1.29 is 14.6 Å². The van der Waals surface area contributed by atoms with Gasteiger partial charge >= 0.3 is 5.97 Å². The Hall–Kier alpha value is -1.78. The number of carbonyl (C=O) groups is 1. The van der Waals surface area contributed by atoms with E-state index in [2.05, 4.69) is 4.98 Å². The van der Waals surface area contributed by atoms with Gasteiger partial charge in [-0.1, -0.05) is 0 Å². The first-order chi connectivity index (χ1) is 6.50. The van der Waals surface area contributed by atoms with E-state index >= 15 is 0 Å². The van der Waals surface area contributed by atoms with Crippen LogP contribution >= 0.6 is 0 Å². The van der Waals surface area contributed by atoms with Crippen LogP contribution in [0.4, 0.5) is 5.82 Å². The number of hydrogen-bond donors (Lipinski definition) is 2. The second-order valence-corrected chi connectivity index (χ2v) is 3.08. The largest absolute Gasteiger partial charge is 0.488 e. The normalized spacial score (nSPS) is 10.2. The van der Waals surface area contributed by atoms with Crippen LogP contribution in [-0.2, 0) is 0 Å². The van der Waals surface area contributed by atoms with E-state index < -0.39 is 5.97 Å². The molecular weight excluding hydrogens is 184 g/mol. The highest BCUT2D eigenvalue weighted by Gasteiger charge is 2.13. The van der Waals surface area contributed by atoms with E-state index in [0.717, 1.165) is 0 Å². The molecule has 1 rings (SSSR count). The molecule has 0 aliphatic heterocycles. The number of aromatic nitrogens is 1. The van der Waals surface area contributed by atoms with Crippen molar-refractivity contribution >= 4 is 11.8 Å². The number of anilines is 1. The Balaban J connectivity index is 3.08. The fraction of sp³-hybridized carbons (Fsp3) is 0.333. The van der Waals surface area contributed by atoms with Crippen LogP contribution in [0, 0.1) is 0 Å². The molecule has 0 unspecified atom stereocenters. The fourth-order valence-electron chi connectivity index (χ4n) is 0.974. The summed E-state index contributed by atoms with van der Waals surface area (Å²) in [7, 11) is 0. The van der Waals surface area contributed by atoms with Crippen LogP contribution in [0.5, 0.6) is 5.75 Å². The molecule has 0 spiro atoms. The van der Waals surface area contributed by atoms with Gasteiger partial charge < -0.3 is 15.6 Å². The van der Waals surface area contributed by atoms with Gasteiger partial charge in [-0.05, 0) is 19.9 Å². The molecule has 0 atom stereocenters. The van der Waals surface area contributed by atoms with E-state index in [0.29, 0.717) is 0 Å². The summed E-state index contributed by atoms with van der Waals surface area (Å²) in [6, 6.07) is 1.28. The summed E-state index contributed by atoms with van der Waals surface area (Å²) < 4.78 is 5.26. The topological polar surface area (TPSA) is 85.4 Å². The van der Waals surface area contributed by atoms with Gasteiger partial charge in [0.2, 0.25) is 0 Å². The van der Waals surface area contributed by atoms with Crippen molar-refractivity contribution in [3.05, 3.63) is 17.8 Å². The molecule has 1 aromatic heterocycles. The summed E-state index contributed by atoms with van der Waals surface area (Å²) in [5.41, 5.74) is 5.40. The maximum absolute atomic E-state index is 10.8. The minimum atomic E-state index is -1.07. The average molecular weight is 196 g/mol. The van der Waals surface area contributed by atoms with Crippen molar-refractivity contribution in [2.45, 2.75) is 20.0 Å². The molecule has 0 bridgehead atoms. The van der Waals surface area contributed by atoms with Gasteiger partial charge in [0.1, 0.15) is 11.4 Å². The van der Waals surface area contributed by atoms with Crippen molar-refractivity contribution in [2.24, 2.45) is 0 Å². The van der Waals surface area contributed by atoms with Gasteiger partial charge in [0, 0.05) is 0 Å². The van der Waals surface area contributed by atoms with Crippen molar-refractivity contribution in [1.82, 2.24) is 4.98 Å². The third kappa shape index (κ3) is 2.35. The maximum atomic E-state index is 10.8. The lowest BCUT2D eigenvalue weighted by Gasteiger charge is -2.11. The standard InChI is InChI=1S/C9H12N2O3/c1-5(2)14-7-4-11-8(10)3-6(7)9(12)13/h3-5H,1-2H3,(H2,10,11)(H,12,13). The maximum Gasteiger partial charge on any atom is 0.339 e. The van der Waals surface area contributed by atoms with Crippen LogP contribution in [0.25, 0.3) is 0 Å². The molecule has 5 heteroatoms. The van der Waals surface area contributed by atoms with Gasteiger partial charge in [-0.3, -0.25) is 0 Å². The highest BCUT2D eigenvalue weighted by atomic mass is 16.5. The molecule has 0 fully saturated rings. The molecule has 5 nitrogen and oxygen atoms in total. The van der Waals surface area contributed by atoms with Gasteiger partial charge in [-0.15, -0.1) is 0 Å². The quantitative estimate of drug-likeness (QED) is 0.757. The number of rotatable bonds is 3. The van der Waals surface area contributed by atoms with Crippen LogP contribution in [0.3, 0.4) is 0 Å². The van der Waals surface area contributed by atoms with Gasteiger partial charge in [-0.25, -0.2) is 9.78 Å². The minimum Gasteiger partial charge on any atom is -0.488 e. The Morgan fingerprint density at radius 1 is 1.64 bits per heavy atom. The molecule has 1 heterocycles. The first kappa shape index (κ1) is 10.3. The minimum absolute atomic E-state index is 0.0335. The zero-order valence-electron chi connectivity index (χ0n) is 8.02. The Bertz CT molecular complexity index is 350. The number of aromatic carboxylic acids is 1. The van der Waals surface area contributed by atoms with E-state index in [4.69, 9.17) is 15.6 Å². The third-order valence-corrected chi connectivity index (χ3v) is 1.48. The predicted molar refractivity (Wildman–Crippen MR) is 51.4 cm³/mol. The molecule has 0 amide bonds. The number of carboxylic acid groups (broad SMARTS) is 1. The fourth-order valence-corrected chi connectivity index (χ4v) is 0.974. The van der Waals surface area contributed by atoms with E-state index in [-0.39, 0.29) is 23.2 Å². The smallest absolute Gasteiger partial charge is 0.339 e. The van der Waals surface area contributed by atoms with Gasteiger partial charge in [0.05, 0.1) is 12.3 Å². The van der Waals surface area contributed by atoms with Crippen LogP contribution in [-0.4, -0.2) is 22.2 Å². The molecule has 3 N–H and O–H groups in total. The van der Waals surface area contributed by atoms with E-state index in [1.807, 2.05) is 13.8 Å². The molecule has 0 aliphatic rings. The highest BCUT2D eigenvalue weighted by molar-refractivity contribution is 5.91. The molecule has 1 aromatic rings. The third-order valence-electron chi connectivity index (χ3n) is 1.48. The molecule has 0 aliphatic carbocycles. The lowest BCUT2D eigenvalue weighted by atomic mass is 10.2. The Morgan fingerprint density at radius 2 is 2.29 bits per heavy atom. The summed E-state index contributed by atoms with van der Waals surface area (Å²) in [6.07, 6.45) is 1.22. The number of nitrogens with zero attached hydrogens (tertiary/aromatic N) is 1. The molecule has 0 saturated heterocycles. The number of ether oxygens (including phenoxy) is 1. The molecular formula is C9H12N2O3. The highest BCUT2D eigenvalue weighted by Crippen LogP contribution is 2.20. The monoisotopic (exact) mass is 196 g/mol. The van der Waals surface area contributed by atoms with E-state index in [1.165, 1.54) is 12.3 Å². The number of nitrogen functional groups attached to an aromatic ring is 1. The Labute approximate surface area is 81.5 Å². The van der Waals surface area contributed by atoms with Crippen molar-refractivity contribution in [2.75, 3.05) is 5.73 Å². The zero-order chi connectivity index (χ0) is 10.7. The van der Waals surface area contributed by atoms with Crippen molar-refractivity contribution in [1.29, 1.82) is 0 Å². The van der Waals surface area contributed by atoms with Crippen LogP contribution in [0.15, 0.2) is 12.3 Å². The van der Waals surface area contributed by atoms with E-state index in [9.17, 15) is 4.79 Å². The predicted octanol–water partition coefficient (Wildman–Crippen LogP) is 1.15. The summed E-state index contributed by atoms with van der Waals surface area (Å²) >= 11 is 0. The van der Waals surface area contributed by atoms with Crippen LogP contribution < -0.4 is 10.5 Å². The van der Waals surface area contributed by atoms with Crippen LogP contribution in [0.1, 0.15) is 24.2 Å². The molecule has 76 valence electrons. The number of carboxylic acids is 1. The van der Waals surface area contributed by atoms with Gasteiger partial charge in [0.25, 0.3) is 0 Å². The number of hydrogen-bond acceptors (Lipinski definition) is 4. The summed E-state index contributed by atoms with van der Waals surface area (Å²) in [6.45, 7) is 3.62. The molecule has 0 aromatic carbocycles. The molecule has 0 radical (unpaired) electrons. The van der Waals surface area contributed by atoms with Crippen molar-refractivity contribution in [3.8, 4) is 5.75 Å². The van der Waals surface area contributed by atoms with Crippen LogP contribution in [0.2, 0.25) is 0 Å². The molecule has 14 heavy (non-hydrogen) atoms. The average Bonchev–Trinajstić information content (AvgIpc) is 2.07. The SMILES string of the molecule is CC(C)Oc1cnc(N)cc1C(=O)O. The molecule has 0 saturated carbocycles. The van der Waals surface area contributed by atoms with Crippen molar-refractivity contribution in [3.63, 3.8) is 0 Å². The van der Waals surface area contributed by atoms with Gasteiger partial charge in [0.15, 0.2) is 5.75 Å². The Kier molecular flexibility index (Phi) is 2.91. The lowest BCUT2D eigenvalue weighted by Crippen LogP contribution is -2.11. The number of pyridine rings is 1. The lowest BCUT2D eigenvalue weighted by molar-refractivity contribution is 0.0690. The van der Waals surface area contributed by atoms with E-state index in [1.54, 1.807) is 0 Å². The first-order valence-corrected chi connectivity index (χ1v) is 4.16. The Morgan fingerprint density at radius 3 is 2.79 bits per heavy atom. The number of nitrogens with two attached hydrogens (primary N) is 1. The van der Waals surface area contributed by atoms with Gasteiger partial charge in [-0.2, -0.15) is 0 Å². The summed E-state index contributed by atoms with van der Waals surface area (Å²) in [4.78, 5) is 14.6. The first-order valence-electron chi connectivity index (χ1n) is 4.16. The zero-order valence-corrected chi connectivity index (χ0v) is 8.02. The summed E-state index contributed by atoms with van der Waals surface area (Å²) in [5.74, 6) is -0.671. The second kappa shape index (κ2) is 3.95. The summed E-state index contributed by atoms with van der Waals surface area (Å²) in [5, 5.41) is 8.84.